The number of aryl methyl sites for hydroxylation is 1. The van der Waals surface area contributed by atoms with Crippen molar-refractivity contribution >= 4 is 11.8 Å². The molecular weight excluding hydrogens is 264 g/mol. The lowest BCUT2D eigenvalue weighted by Crippen LogP contribution is -2.26. The van der Waals surface area contributed by atoms with Crippen LogP contribution >= 0.6 is 0 Å². The van der Waals surface area contributed by atoms with Crippen molar-refractivity contribution in [1.82, 2.24) is 0 Å². The summed E-state index contributed by atoms with van der Waals surface area (Å²) in [6, 6.07) is 10.4. The van der Waals surface area contributed by atoms with Crippen LogP contribution in [-0.2, 0) is 20.7 Å². The molecule has 0 aliphatic rings. The van der Waals surface area contributed by atoms with Gasteiger partial charge in [0.1, 0.15) is 11.7 Å². The van der Waals surface area contributed by atoms with Gasteiger partial charge in [0.15, 0.2) is 0 Å². The van der Waals surface area contributed by atoms with Crippen LogP contribution in [0.3, 0.4) is 0 Å². The first-order valence-corrected chi connectivity index (χ1v) is 7.75. The first kappa shape index (κ1) is 17.4. The number of esters is 1. The number of ketones is 1. The van der Waals surface area contributed by atoms with Crippen LogP contribution in [0.15, 0.2) is 30.3 Å². The maximum atomic E-state index is 11.8. The zero-order chi connectivity index (χ0) is 15.7. The van der Waals surface area contributed by atoms with Crippen molar-refractivity contribution in [2.45, 2.75) is 59.0 Å². The Morgan fingerprint density at radius 1 is 1.05 bits per heavy atom. The minimum atomic E-state index is -0.593. The summed E-state index contributed by atoms with van der Waals surface area (Å²) >= 11 is 0. The van der Waals surface area contributed by atoms with Crippen molar-refractivity contribution in [3.8, 4) is 0 Å². The number of unbranched alkanes of at least 4 members (excludes halogenated alkanes) is 2. The largest absolute Gasteiger partial charge is 0.462 e. The predicted octanol–water partition coefficient (Wildman–Crippen LogP) is 3.95. The van der Waals surface area contributed by atoms with E-state index in [2.05, 4.69) is 12.1 Å². The number of carbonyl (C=O) groups excluding carboxylic acids is 2. The maximum Gasteiger partial charge on any atom is 0.316 e. The molecule has 0 heterocycles. The van der Waals surface area contributed by atoms with Crippen LogP contribution in [0.25, 0.3) is 0 Å². The molecule has 1 rings (SSSR count). The van der Waals surface area contributed by atoms with E-state index in [1.165, 1.54) is 12.5 Å². The van der Waals surface area contributed by atoms with Crippen molar-refractivity contribution in [3.63, 3.8) is 0 Å². The van der Waals surface area contributed by atoms with Gasteiger partial charge in [-0.3, -0.25) is 9.59 Å². The normalized spacial score (nSPS) is 12.2. The van der Waals surface area contributed by atoms with Gasteiger partial charge in [-0.15, -0.1) is 0 Å². The van der Waals surface area contributed by atoms with Crippen molar-refractivity contribution in [1.29, 1.82) is 0 Å². The molecule has 3 nitrogen and oxygen atoms in total. The van der Waals surface area contributed by atoms with Crippen molar-refractivity contribution < 1.29 is 14.3 Å². The Bertz CT molecular complexity index is 437. The van der Waals surface area contributed by atoms with Crippen LogP contribution in [-0.4, -0.2) is 17.9 Å². The highest BCUT2D eigenvalue weighted by Crippen LogP contribution is 2.15. The molecule has 0 aliphatic carbocycles. The number of Topliss-reactive ketones (excluding diaryl/α,β-unsaturated/α-hetero) is 1. The molecular formula is C18H26O3. The zero-order valence-electron chi connectivity index (χ0n) is 13.3. The number of benzene rings is 1. The highest BCUT2D eigenvalue weighted by Gasteiger charge is 2.24. The first-order valence-electron chi connectivity index (χ1n) is 7.75. The number of ether oxygens (including phenoxy) is 1. The minimum Gasteiger partial charge on any atom is -0.462 e. The van der Waals surface area contributed by atoms with Gasteiger partial charge in [0.05, 0.1) is 6.10 Å². The van der Waals surface area contributed by atoms with E-state index in [-0.39, 0.29) is 17.9 Å². The van der Waals surface area contributed by atoms with E-state index in [1.807, 2.05) is 18.2 Å². The number of hydrogen-bond donors (Lipinski definition) is 0. The summed E-state index contributed by atoms with van der Waals surface area (Å²) in [7, 11) is 0. The van der Waals surface area contributed by atoms with Gasteiger partial charge >= 0.3 is 5.97 Å². The van der Waals surface area contributed by atoms with Gasteiger partial charge in [-0.2, -0.15) is 0 Å². The topological polar surface area (TPSA) is 43.4 Å². The summed E-state index contributed by atoms with van der Waals surface area (Å²) in [5.41, 5.74) is 1.33. The van der Waals surface area contributed by atoms with Gasteiger partial charge in [-0.25, -0.2) is 0 Å². The zero-order valence-corrected chi connectivity index (χ0v) is 13.3. The number of hydrogen-bond acceptors (Lipinski definition) is 3. The quantitative estimate of drug-likeness (QED) is 0.393. The highest BCUT2D eigenvalue weighted by molar-refractivity contribution is 5.97. The third-order valence-corrected chi connectivity index (χ3v) is 3.43. The summed E-state index contributed by atoms with van der Waals surface area (Å²) in [4.78, 5) is 23.4. The van der Waals surface area contributed by atoms with E-state index < -0.39 is 5.92 Å². The van der Waals surface area contributed by atoms with Crippen LogP contribution in [0, 0.1) is 5.92 Å². The lowest BCUT2D eigenvalue weighted by Gasteiger charge is -2.15. The van der Waals surface area contributed by atoms with E-state index >= 15 is 0 Å². The molecule has 1 atom stereocenters. The molecule has 0 amide bonds. The molecule has 0 radical (unpaired) electrons. The lowest BCUT2D eigenvalue weighted by molar-refractivity contribution is -0.155. The summed E-state index contributed by atoms with van der Waals surface area (Å²) in [6.45, 7) is 5.07. The molecule has 1 aromatic carbocycles. The van der Waals surface area contributed by atoms with E-state index in [0.717, 1.165) is 25.7 Å². The molecule has 1 unspecified atom stereocenters. The summed E-state index contributed by atoms with van der Waals surface area (Å²) in [5.74, 6) is -1.06. The second-order valence-corrected chi connectivity index (χ2v) is 5.73. The summed E-state index contributed by atoms with van der Waals surface area (Å²) in [5, 5.41) is 0. The second-order valence-electron chi connectivity index (χ2n) is 5.73. The average molecular weight is 290 g/mol. The van der Waals surface area contributed by atoms with Crippen LogP contribution in [0.4, 0.5) is 0 Å². The Balaban J connectivity index is 2.28. The molecule has 0 fully saturated rings. The molecule has 0 saturated heterocycles. The van der Waals surface area contributed by atoms with E-state index in [9.17, 15) is 9.59 Å². The van der Waals surface area contributed by atoms with Crippen LogP contribution in [0.2, 0.25) is 0 Å². The lowest BCUT2D eigenvalue weighted by atomic mass is 9.96. The van der Waals surface area contributed by atoms with Gasteiger partial charge in [-0.1, -0.05) is 43.2 Å². The molecule has 0 aromatic heterocycles. The fraction of sp³-hybridized carbons (Fsp3) is 0.556. The standard InChI is InChI=1S/C18H26O3/c1-14(2)21-18(20)17(15(3)19)13-9-5-8-12-16-10-6-4-7-11-16/h4,6-7,10-11,14,17H,5,8-9,12-13H2,1-3H3. The maximum absolute atomic E-state index is 11.8. The fourth-order valence-electron chi connectivity index (χ4n) is 2.30. The molecule has 21 heavy (non-hydrogen) atoms. The Morgan fingerprint density at radius 2 is 1.71 bits per heavy atom. The Labute approximate surface area is 127 Å². The smallest absolute Gasteiger partial charge is 0.316 e. The van der Waals surface area contributed by atoms with E-state index in [1.54, 1.807) is 13.8 Å². The Hall–Kier alpha value is -1.64. The second kappa shape index (κ2) is 9.32. The Kier molecular flexibility index (Phi) is 7.73. The van der Waals surface area contributed by atoms with Crippen LogP contribution < -0.4 is 0 Å². The summed E-state index contributed by atoms with van der Waals surface area (Å²) < 4.78 is 5.14. The van der Waals surface area contributed by atoms with Gasteiger partial charge in [0.25, 0.3) is 0 Å². The average Bonchev–Trinajstić information content (AvgIpc) is 2.42. The molecule has 3 heteroatoms. The van der Waals surface area contributed by atoms with Gasteiger partial charge in [0.2, 0.25) is 0 Å². The number of carbonyl (C=O) groups is 2. The molecule has 0 aliphatic heterocycles. The molecule has 116 valence electrons. The minimum absolute atomic E-state index is 0.0938. The Morgan fingerprint density at radius 3 is 2.29 bits per heavy atom. The molecule has 0 bridgehead atoms. The third-order valence-electron chi connectivity index (χ3n) is 3.43. The monoisotopic (exact) mass is 290 g/mol. The predicted molar refractivity (Wildman–Crippen MR) is 84.0 cm³/mol. The molecule has 0 saturated carbocycles. The SMILES string of the molecule is CC(=O)C(CCCCCc1ccccc1)C(=O)OC(C)C. The van der Waals surface area contributed by atoms with Crippen LogP contribution in [0.1, 0.15) is 52.0 Å². The molecule has 0 N–H and O–H groups in total. The van der Waals surface area contributed by atoms with Crippen molar-refractivity contribution in [2.24, 2.45) is 5.92 Å². The third kappa shape index (κ3) is 7.07. The fourth-order valence-corrected chi connectivity index (χ4v) is 2.30. The van der Waals surface area contributed by atoms with E-state index in [4.69, 9.17) is 4.74 Å². The van der Waals surface area contributed by atoms with Crippen LogP contribution in [0.5, 0.6) is 0 Å². The molecule has 1 aromatic rings. The van der Waals surface area contributed by atoms with Crippen molar-refractivity contribution in [2.75, 3.05) is 0 Å². The van der Waals surface area contributed by atoms with Gasteiger partial charge in [-0.05, 0) is 45.6 Å². The summed E-state index contributed by atoms with van der Waals surface area (Å²) in [6.07, 6.45) is 4.45. The van der Waals surface area contributed by atoms with Crippen molar-refractivity contribution in [3.05, 3.63) is 35.9 Å². The van der Waals surface area contributed by atoms with E-state index in [0.29, 0.717) is 6.42 Å². The molecule has 0 spiro atoms. The first-order chi connectivity index (χ1) is 10.0. The number of rotatable bonds is 9. The highest BCUT2D eigenvalue weighted by atomic mass is 16.5. The van der Waals surface area contributed by atoms with Gasteiger partial charge in [0, 0.05) is 0 Å². The van der Waals surface area contributed by atoms with Gasteiger partial charge < -0.3 is 4.74 Å².